The number of urea groups is 1. The zero-order chi connectivity index (χ0) is 17.1. The molecular formula is C18H18N4O2S. The lowest BCUT2D eigenvalue weighted by Crippen LogP contribution is -2.27. The number of amides is 2. The molecule has 25 heavy (non-hydrogen) atoms. The fraction of sp³-hybridized carbons (Fsp3) is 0.222. The highest BCUT2D eigenvalue weighted by Crippen LogP contribution is 2.25. The SMILES string of the molecule is O=C1NCCN1Cc1ccccc1NCc1ncc(-c2cccs2)o1. The van der Waals surface area contributed by atoms with E-state index < -0.39 is 0 Å². The first-order valence-electron chi connectivity index (χ1n) is 8.13. The number of nitrogens with zero attached hydrogens (tertiary/aromatic N) is 2. The van der Waals surface area contributed by atoms with Crippen LogP contribution in [0, 0.1) is 0 Å². The van der Waals surface area contributed by atoms with Crippen molar-refractivity contribution in [3.05, 3.63) is 59.4 Å². The third-order valence-corrected chi connectivity index (χ3v) is 4.96. The molecule has 3 heterocycles. The molecule has 0 spiro atoms. The van der Waals surface area contributed by atoms with Crippen LogP contribution < -0.4 is 10.6 Å². The van der Waals surface area contributed by atoms with E-state index in [-0.39, 0.29) is 6.03 Å². The molecule has 2 aromatic heterocycles. The number of hydrogen-bond acceptors (Lipinski definition) is 5. The van der Waals surface area contributed by atoms with Gasteiger partial charge in [-0.2, -0.15) is 0 Å². The van der Waals surface area contributed by atoms with Crippen molar-refractivity contribution in [2.45, 2.75) is 13.1 Å². The van der Waals surface area contributed by atoms with Gasteiger partial charge in [0.1, 0.15) is 0 Å². The number of thiophene rings is 1. The molecule has 0 radical (unpaired) electrons. The van der Waals surface area contributed by atoms with Gasteiger partial charge in [-0.15, -0.1) is 11.3 Å². The van der Waals surface area contributed by atoms with E-state index in [0.29, 0.717) is 25.5 Å². The van der Waals surface area contributed by atoms with Gasteiger partial charge in [0.25, 0.3) is 0 Å². The minimum atomic E-state index is -0.0110. The number of carbonyl (C=O) groups excluding carboxylic acids is 1. The molecule has 1 fully saturated rings. The summed E-state index contributed by atoms with van der Waals surface area (Å²) in [5.41, 5.74) is 2.06. The van der Waals surface area contributed by atoms with Gasteiger partial charge in [-0.05, 0) is 23.1 Å². The fourth-order valence-corrected chi connectivity index (χ4v) is 3.47. The quantitative estimate of drug-likeness (QED) is 0.710. The van der Waals surface area contributed by atoms with E-state index in [1.165, 1.54) is 0 Å². The number of hydrogen-bond donors (Lipinski definition) is 2. The molecule has 4 rings (SSSR count). The van der Waals surface area contributed by atoms with Crippen LogP contribution in [0.5, 0.6) is 0 Å². The normalized spacial score (nSPS) is 13.9. The molecule has 128 valence electrons. The van der Waals surface area contributed by atoms with Crippen LogP contribution in [0.2, 0.25) is 0 Å². The van der Waals surface area contributed by atoms with Gasteiger partial charge in [0.2, 0.25) is 5.89 Å². The summed E-state index contributed by atoms with van der Waals surface area (Å²) in [5, 5.41) is 8.21. The smallest absolute Gasteiger partial charge is 0.317 e. The maximum Gasteiger partial charge on any atom is 0.317 e. The molecular weight excluding hydrogens is 336 g/mol. The van der Waals surface area contributed by atoms with E-state index in [4.69, 9.17) is 4.42 Å². The number of carbonyl (C=O) groups is 1. The minimum absolute atomic E-state index is 0.0110. The summed E-state index contributed by atoms with van der Waals surface area (Å²) >= 11 is 1.63. The van der Waals surface area contributed by atoms with E-state index in [1.807, 2.05) is 41.8 Å². The van der Waals surface area contributed by atoms with Crippen molar-refractivity contribution in [2.75, 3.05) is 18.4 Å². The van der Waals surface area contributed by atoms with Gasteiger partial charge in [-0.3, -0.25) is 0 Å². The molecule has 3 aromatic rings. The molecule has 0 unspecified atom stereocenters. The summed E-state index contributed by atoms with van der Waals surface area (Å²) < 4.78 is 5.80. The Morgan fingerprint density at radius 3 is 3.00 bits per heavy atom. The number of aromatic nitrogens is 1. The Morgan fingerprint density at radius 2 is 2.20 bits per heavy atom. The molecule has 0 bridgehead atoms. The fourth-order valence-electron chi connectivity index (χ4n) is 2.79. The molecule has 2 N–H and O–H groups in total. The van der Waals surface area contributed by atoms with Crippen LogP contribution in [-0.4, -0.2) is 29.0 Å². The van der Waals surface area contributed by atoms with Gasteiger partial charge in [-0.1, -0.05) is 24.3 Å². The highest BCUT2D eigenvalue weighted by atomic mass is 32.1. The predicted molar refractivity (Wildman–Crippen MR) is 97.4 cm³/mol. The van der Waals surface area contributed by atoms with E-state index in [1.54, 1.807) is 22.4 Å². The van der Waals surface area contributed by atoms with Crippen LogP contribution in [-0.2, 0) is 13.1 Å². The van der Waals surface area contributed by atoms with E-state index in [2.05, 4.69) is 15.6 Å². The number of rotatable bonds is 6. The molecule has 2 amide bonds. The Bertz CT molecular complexity index is 860. The minimum Gasteiger partial charge on any atom is -0.438 e. The standard InChI is InChI=1S/C18H18N4O2S/c23-18-19-7-8-22(18)12-13-4-1-2-5-14(13)20-11-17-21-10-15(24-17)16-6-3-9-25-16/h1-6,9-10,20H,7-8,11-12H2,(H,19,23). The van der Waals surface area contributed by atoms with Gasteiger partial charge in [0.15, 0.2) is 5.76 Å². The second-order valence-electron chi connectivity index (χ2n) is 5.76. The van der Waals surface area contributed by atoms with Crippen LogP contribution in [0.1, 0.15) is 11.5 Å². The van der Waals surface area contributed by atoms with E-state index >= 15 is 0 Å². The van der Waals surface area contributed by atoms with E-state index in [9.17, 15) is 4.79 Å². The van der Waals surface area contributed by atoms with Crippen molar-refractivity contribution >= 4 is 23.1 Å². The lowest BCUT2D eigenvalue weighted by atomic mass is 10.1. The Hall–Kier alpha value is -2.80. The second-order valence-corrected chi connectivity index (χ2v) is 6.71. The zero-order valence-electron chi connectivity index (χ0n) is 13.6. The topological polar surface area (TPSA) is 70.4 Å². The number of nitrogens with one attached hydrogen (secondary N) is 2. The average Bonchev–Trinajstić information content (AvgIpc) is 3.36. The molecule has 6 nitrogen and oxygen atoms in total. The van der Waals surface area contributed by atoms with Crippen LogP contribution in [0.15, 0.2) is 52.4 Å². The number of benzene rings is 1. The van der Waals surface area contributed by atoms with Gasteiger partial charge in [-0.25, -0.2) is 9.78 Å². The van der Waals surface area contributed by atoms with Gasteiger partial charge in [0, 0.05) is 25.3 Å². The van der Waals surface area contributed by atoms with Crippen molar-refractivity contribution < 1.29 is 9.21 Å². The summed E-state index contributed by atoms with van der Waals surface area (Å²) in [6.45, 7) is 2.52. The maximum absolute atomic E-state index is 11.8. The Labute approximate surface area is 149 Å². The molecule has 7 heteroatoms. The van der Waals surface area contributed by atoms with Crippen molar-refractivity contribution in [3.63, 3.8) is 0 Å². The lowest BCUT2D eigenvalue weighted by Gasteiger charge is -2.17. The van der Waals surface area contributed by atoms with Gasteiger partial charge < -0.3 is 20.0 Å². The molecule has 1 aliphatic rings. The number of anilines is 1. The monoisotopic (exact) mass is 354 g/mol. The van der Waals surface area contributed by atoms with Crippen molar-refractivity contribution in [1.29, 1.82) is 0 Å². The molecule has 1 aliphatic heterocycles. The summed E-state index contributed by atoms with van der Waals surface area (Å²) in [5.74, 6) is 1.42. The first-order valence-corrected chi connectivity index (χ1v) is 9.01. The highest BCUT2D eigenvalue weighted by molar-refractivity contribution is 7.13. The maximum atomic E-state index is 11.8. The lowest BCUT2D eigenvalue weighted by molar-refractivity contribution is 0.215. The third-order valence-electron chi connectivity index (χ3n) is 4.07. The Balaban J connectivity index is 1.43. The van der Waals surface area contributed by atoms with Crippen LogP contribution in [0.4, 0.5) is 10.5 Å². The first kappa shape index (κ1) is 15.7. The first-order chi connectivity index (χ1) is 12.3. The summed E-state index contributed by atoms with van der Waals surface area (Å²) in [7, 11) is 0. The van der Waals surface area contributed by atoms with Crippen molar-refractivity contribution in [3.8, 4) is 10.6 Å². The van der Waals surface area contributed by atoms with E-state index in [0.717, 1.165) is 28.4 Å². The zero-order valence-corrected chi connectivity index (χ0v) is 14.4. The summed E-state index contributed by atoms with van der Waals surface area (Å²) in [4.78, 5) is 19.0. The molecule has 0 atom stereocenters. The van der Waals surface area contributed by atoms with Crippen LogP contribution in [0.25, 0.3) is 10.6 Å². The van der Waals surface area contributed by atoms with Crippen LogP contribution in [0.3, 0.4) is 0 Å². The second kappa shape index (κ2) is 6.98. The summed E-state index contributed by atoms with van der Waals surface area (Å²) in [6, 6.07) is 12.0. The third kappa shape index (κ3) is 3.51. The molecule has 0 aliphatic carbocycles. The van der Waals surface area contributed by atoms with Crippen LogP contribution >= 0.6 is 11.3 Å². The Morgan fingerprint density at radius 1 is 1.28 bits per heavy atom. The molecule has 1 saturated heterocycles. The number of oxazole rings is 1. The van der Waals surface area contributed by atoms with Gasteiger partial charge in [0.05, 0.1) is 17.6 Å². The predicted octanol–water partition coefficient (Wildman–Crippen LogP) is 3.54. The summed E-state index contributed by atoms with van der Waals surface area (Å²) in [6.07, 6.45) is 1.75. The highest BCUT2D eigenvalue weighted by Gasteiger charge is 2.20. The van der Waals surface area contributed by atoms with Crippen molar-refractivity contribution in [1.82, 2.24) is 15.2 Å². The molecule has 0 saturated carbocycles. The number of para-hydroxylation sites is 1. The Kier molecular flexibility index (Phi) is 4.39. The van der Waals surface area contributed by atoms with Crippen molar-refractivity contribution in [2.24, 2.45) is 0 Å². The molecule has 1 aromatic carbocycles. The average molecular weight is 354 g/mol. The largest absolute Gasteiger partial charge is 0.438 e. The van der Waals surface area contributed by atoms with Gasteiger partial charge >= 0.3 is 6.03 Å².